The van der Waals surface area contributed by atoms with E-state index in [1.54, 1.807) is 0 Å². The van der Waals surface area contributed by atoms with Gasteiger partial charge in [0.25, 0.3) is 0 Å². The van der Waals surface area contributed by atoms with Crippen molar-refractivity contribution >= 4 is 6.09 Å². The quantitative estimate of drug-likeness (QED) is 0.801. The van der Waals surface area contributed by atoms with Crippen LogP contribution < -0.4 is 4.74 Å². The van der Waals surface area contributed by atoms with E-state index in [1.165, 1.54) is 5.56 Å². The van der Waals surface area contributed by atoms with Crippen molar-refractivity contribution in [2.75, 3.05) is 6.54 Å². The Morgan fingerprint density at radius 2 is 1.65 bits per heavy atom. The molecule has 0 saturated carbocycles. The molecule has 1 saturated heterocycles. The van der Waals surface area contributed by atoms with Gasteiger partial charge >= 0.3 is 6.09 Å². The van der Waals surface area contributed by atoms with Crippen LogP contribution in [0.15, 0.2) is 60.7 Å². The van der Waals surface area contributed by atoms with Crippen LogP contribution in [-0.4, -0.2) is 35.3 Å². The zero-order valence-corrected chi connectivity index (χ0v) is 15.7. The summed E-state index contributed by atoms with van der Waals surface area (Å²) in [6.07, 6.45) is 1.30. The van der Waals surface area contributed by atoms with Crippen LogP contribution in [0.25, 0.3) is 0 Å². The number of carbonyl (C=O) groups excluding carboxylic acids is 1. The van der Waals surface area contributed by atoms with Crippen LogP contribution >= 0.6 is 0 Å². The standard InChI is InChI=1S/C22H27NO3/c1-22(2,3)26-21(24)23-16-20(25-19-12-8-5-9-13-19)15-18(23)14-17-10-6-4-7-11-17/h4-13,18,20H,14-16H2,1-3H3/t18-,20+/m0/s1. The molecule has 0 N–H and O–H groups in total. The monoisotopic (exact) mass is 353 g/mol. The van der Waals surface area contributed by atoms with E-state index in [-0.39, 0.29) is 18.2 Å². The summed E-state index contributed by atoms with van der Waals surface area (Å²) in [6, 6.07) is 20.1. The van der Waals surface area contributed by atoms with E-state index in [9.17, 15) is 4.79 Å². The van der Waals surface area contributed by atoms with Crippen molar-refractivity contribution < 1.29 is 14.3 Å². The van der Waals surface area contributed by atoms with Gasteiger partial charge in [-0.25, -0.2) is 4.79 Å². The Balaban J connectivity index is 1.73. The molecule has 0 bridgehead atoms. The molecule has 4 heteroatoms. The Morgan fingerprint density at radius 3 is 2.27 bits per heavy atom. The third-order valence-corrected chi connectivity index (χ3v) is 4.36. The summed E-state index contributed by atoms with van der Waals surface area (Å²) in [5, 5.41) is 0. The van der Waals surface area contributed by atoms with Gasteiger partial charge in [-0.2, -0.15) is 0 Å². The smallest absolute Gasteiger partial charge is 0.410 e. The highest BCUT2D eigenvalue weighted by Crippen LogP contribution is 2.27. The van der Waals surface area contributed by atoms with E-state index in [1.807, 2.05) is 74.2 Å². The Hall–Kier alpha value is -2.49. The van der Waals surface area contributed by atoms with Gasteiger partial charge in [-0.15, -0.1) is 0 Å². The van der Waals surface area contributed by atoms with Crippen LogP contribution in [0.5, 0.6) is 5.75 Å². The molecule has 2 aromatic carbocycles. The van der Waals surface area contributed by atoms with E-state index in [0.717, 1.165) is 18.6 Å². The fourth-order valence-electron chi connectivity index (χ4n) is 3.27. The number of carbonyl (C=O) groups is 1. The fourth-order valence-corrected chi connectivity index (χ4v) is 3.27. The molecule has 1 heterocycles. The number of para-hydroxylation sites is 1. The van der Waals surface area contributed by atoms with Crippen LogP contribution in [0.4, 0.5) is 4.79 Å². The van der Waals surface area contributed by atoms with Crippen molar-refractivity contribution in [3.8, 4) is 5.75 Å². The second-order valence-electron chi connectivity index (χ2n) is 7.76. The second-order valence-corrected chi connectivity index (χ2v) is 7.76. The molecule has 0 unspecified atom stereocenters. The molecule has 0 spiro atoms. The summed E-state index contributed by atoms with van der Waals surface area (Å²) >= 11 is 0. The maximum absolute atomic E-state index is 12.7. The molecule has 2 aromatic rings. The lowest BCUT2D eigenvalue weighted by Crippen LogP contribution is -2.41. The molecule has 2 atom stereocenters. The normalized spacial score (nSPS) is 20.0. The summed E-state index contributed by atoms with van der Waals surface area (Å²) in [6.45, 7) is 6.22. The first kappa shape index (κ1) is 18.3. The average molecular weight is 353 g/mol. The second kappa shape index (κ2) is 7.81. The van der Waals surface area contributed by atoms with Gasteiger partial charge in [-0.1, -0.05) is 48.5 Å². The Morgan fingerprint density at radius 1 is 1.04 bits per heavy atom. The van der Waals surface area contributed by atoms with Gasteiger partial charge in [-0.05, 0) is 44.9 Å². The molecule has 1 amide bonds. The molecule has 3 rings (SSSR count). The van der Waals surface area contributed by atoms with Gasteiger partial charge in [-0.3, -0.25) is 0 Å². The van der Waals surface area contributed by atoms with Gasteiger partial charge in [0.1, 0.15) is 17.5 Å². The van der Waals surface area contributed by atoms with Crippen molar-refractivity contribution in [3.63, 3.8) is 0 Å². The molecule has 0 radical (unpaired) electrons. The average Bonchev–Trinajstić information content (AvgIpc) is 2.98. The minimum absolute atomic E-state index is 0.0290. The number of nitrogens with zero attached hydrogens (tertiary/aromatic N) is 1. The predicted octanol–water partition coefficient (Wildman–Crippen LogP) is 4.69. The molecule has 1 aliphatic heterocycles. The van der Waals surface area contributed by atoms with Crippen molar-refractivity contribution in [3.05, 3.63) is 66.2 Å². The zero-order chi connectivity index (χ0) is 18.6. The van der Waals surface area contributed by atoms with Crippen LogP contribution in [0, 0.1) is 0 Å². The maximum atomic E-state index is 12.7. The van der Waals surface area contributed by atoms with Gasteiger partial charge in [0.2, 0.25) is 0 Å². The number of likely N-dealkylation sites (tertiary alicyclic amines) is 1. The lowest BCUT2D eigenvalue weighted by Gasteiger charge is -2.28. The highest BCUT2D eigenvalue weighted by Gasteiger charge is 2.38. The minimum Gasteiger partial charge on any atom is -0.489 e. The molecule has 0 aromatic heterocycles. The molecule has 138 valence electrons. The SMILES string of the molecule is CC(C)(C)OC(=O)N1C[C@H](Oc2ccccc2)C[C@@H]1Cc1ccccc1. The highest BCUT2D eigenvalue weighted by atomic mass is 16.6. The van der Waals surface area contributed by atoms with Crippen molar-refractivity contribution in [1.29, 1.82) is 0 Å². The van der Waals surface area contributed by atoms with Crippen molar-refractivity contribution in [1.82, 2.24) is 4.90 Å². The molecule has 26 heavy (non-hydrogen) atoms. The number of amides is 1. The fraction of sp³-hybridized carbons (Fsp3) is 0.409. The van der Waals surface area contributed by atoms with Gasteiger partial charge in [0.15, 0.2) is 0 Å². The molecular formula is C22H27NO3. The Kier molecular flexibility index (Phi) is 5.50. The first-order valence-corrected chi connectivity index (χ1v) is 9.16. The zero-order valence-electron chi connectivity index (χ0n) is 15.7. The Bertz CT molecular complexity index is 709. The number of hydrogen-bond donors (Lipinski definition) is 0. The van der Waals surface area contributed by atoms with E-state index >= 15 is 0 Å². The number of hydrogen-bond acceptors (Lipinski definition) is 3. The maximum Gasteiger partial charge on any atom is 0.410 e. The topological polar surface area (TPSA) is 38.8 Å². The molecular weight excluding hydrogens is 326 g/mol. The Labute approximate surface area is 155 Å². The van der Waals surface area contributed by atoms with Gasteiger partial charge in [0, 0.05) is 12.5 Å². The minimum atomic E-state index is -0.507. The summed E-state index contributed by atoms with van der Waals surface area (Å²) in [4.78, 5) is 14.5. The summed E-state index contributed by atoms with van der Waals surface area (Å²) in [7, 11) is 0. The summed E-state index contributed by atoms with van der Waals surface area (Å²) < 4.78 is 11.7. The number of ether oxygens (including phenoxy) is 2. The third kappa shape index (κ3) is 5.01. The highest BCUT2D eigenvalue weighted by molar-refractivity contribution is 5.69. The van der Waals surface area contributed by atoms with Crippen LogP contribution in [0.1, 0.15) is 32.8 Å². The van der Waals surface area contributed by atoms with Crippen LogP contribution in [0.2, 0.25) is 0 Å². The number of benzene rings is 2. The summed E-state index contributed by atoms with van der Waals surface area (Å²) in [5.74, 6) is 0.835. The van der Waals surface area contributed by atoms with Crippen LogP contribution in [0.3, 0.4) is 0 Å². The first-order chi connectivity index (χ1) is 12.4. The third-order valence-electron chi connectivity index (χ3n) is 4.36. The lowest BCUT2D eigenvalue weighted by molar-refractivity contribution is 0.0213. The first-order valence-electron chi connectivity index (χ1n) is 9.16. The van der Waals surface area contributed by atoms with Crippen molar-refractivity contribution in [2.24, 2.45) is 0 Å². The molecule has 0 aliphatic carbocycles. The van der Waals surface area contributed by atoms with E-state index < -0.39 is 5.60 Å². The van der Waals surface area contributed by atoms with E-state index in [4.69, 9.17) is 9.47 Å². The van der Waals surface area contributed by atoms with E-state index in [2.05, 4.69) is 12.1 Å². The van der Waals surface area contributed by atoms with E-state index in [0.29, 0.717) is 6.54 Å². The molecule has 1 fully saturated rings. The van der Waals surface area contributed by atoms with Gasteiger partial charge in [0.05, 0.1) is 6.54 Å². The molecule has 1 aliphatic rings. The lowest BCUT2D eigenvalue weighted by atomic mass is 10.0. The van der Waals surface area contributed by atoms with Gasteiger partial charge < -0.3 is 14.4 Å². The molecule has 4 nitrogen and oxygen atoms in total. The predicted molar refractivity (Wildman–Crippen MR) is 102 cm³/mol. The van der Waals surface area contributed by atoms with Crippen LogP contribution in [-0.2, 0) is 11.2 Å². The largest absolute Gasteiger partial charge is 0.489 e. The summed E-state index contributed by atoms with van der Waals surface area (Å²) in [5.41, 5.74) is 0.707. The van der Waals surface area contributed by atoms with Crippen molar-refractivity contribution in [2.45, 2.75) is 51.4 Å². The number of rotatable bonds is 4.